The molecule has 3 rings (SSSR count). The number of tetrazole rings is 1. The standard InChI is InChI=1S/C17H17N5O3/c18-13(10-16(23)24)11-22-20-17(19-21-22)12-5-4-8-15(9-12)25-14-6-2-1-3-7-14/h1-9,13H,10-11,18H2,(H,23,24)/t13-/m1/s1. The van der Waals surface area contributed by atoms with Gasteiger partial charge in [-0.15, -0.1) is 10.2 Å². The van der Waals surface area contributed by atoms with Crippen molar-refractivity contribution < 1.29 is 14.6 Å². The Labute approximate surface area is 143 Å². The Morgan fingerprint density at radius 2 is 1.92 bits per heavy atom. The van der Waals surface area contributed by atoms with Crippen LogP contribution >= 0.6 is 0 Å². The highest BCUT2D eigenvalue weighted by Crippen LogP contribution is 2.25. The lowest BCUT2D eigenvalue weighted by atomic mass is 10.2. The van der Waals surface area contributed by atoms with Crippen LogP contribution in [-0.2, 0) is 11.3 Å². The number of ether oxygens (including phenoxy) is 1. The first-order chi connectivity index (χ1) is 12.1. The Hall–Kier alpha value is -3.26. The third-order valence-electron chi connectivity index (χ3n) is 3.36. The van der Waals surface area contributed by atoms with E-state index >= 15 is 0 Å². The Kier molecular flexibility index (Phi) is 5.00. The van der Waals surface area contributed by atoms with Gasteiger partial charge in [-0.2, -0.15) is 4.80 Å². The topological polar surface area (TPSA) is 116 Å². The first kappa shape index (κ1) is 16.6. The van der Waals surface area contributed by atoms with Gasteiger partial charge >= 0.3 is 5.97 Å². The Morgan fingerprint density at radius 1 is 1.16 bits per heavy atom. The molecule has 0 bridgehead atoms. The van der Waals surface area contributed by atoms with Crippen LogP contribution < -0.4 is 10.5 Å². The Morgan fingerprint density at radius 3 is 2.68 bits per heavy atom. The number of aliphatic carboxylic acids is 1. The van der Waals surface area contributed by atoms with Gasteiger partial charge in [0.2, 0.25) is 5.82 Å². The number of carboxylic acid groups (broad SMARTS) is 1. The summed E-state index contributed by atoms with van der Waals surface area (Å²) in [7, 11) is 0. The molecule has 1 aromatic heterocycles. The van der Waals surface area contributed by atoms with Crippen LogP contribution in [-0.4, -0.2) is 37.3 Å². The minimum absolute atomic E-state index is 0.155. The number of nitrogens with zero attached hydrogens (tertiary/aromatic N) is 4. The zero-order valence-corrected chi connectivity index (χ0v) is 13.3. The maximum Gasteiger partial charge on any atom is 0.304 e. The highest BCUT2D eigenvalue weighted by molar-refractivity contribution is 5.67. The lowest BCUT2D eigenvalue weighted by Crippen LogP contribution is -2.30. The number of benzene rings is 2. The van der Waals surface area contributed by atoms with E-state index in [1.807, 2.05) is 54.6 Å². The van der Waals surface area contributed by atoms with Crippen molar-refractivity contribution in [3.63, 3.8) is 0 Å². The van der Waals surface area contributed by atoms with Gasteiger partial charge in [-0.3, -0.25) is 4.79 Å². The van der Waals surface area contributed by atoms with E-state index in [1.54, 1.807) is 0 Å². The Balaban J connectivity index is 1.72. The number of aromatic nitrogens is 4. The van der Waals surface area contributed by atoms with Crippen LogP contribution in [0.3, 0.4) is 0 Å². The van der Waals surface area contributed by atoms with Gasteiger partial charge in [0.25, 0.3) is 0 Å². The maximum atomic E-state index is 10.7. The fourth-order valence-corrected chi connectivity index (χ4v) is 2.26. The molecule has 0 spiro atoms. The van der Waals surface area contributed by atoms with Gasteiger partial charge in [0.05, 0.1) is 13.0 Å². The molecule has 0 unspecified atom stereocenters. The zero-order valence-electron chi connectivity index (χ0n) is 13.3. The average molecular weight is 339 g/mol. The SMILES string of the molecule is N[C@H](CC(=O)O)Cn1nnc(-c2cccc(Oc3ccccc3)c2)n1. The van der Waals surface area contributed by atoms with E-state index in [0.717, 1.165) is 11.3 Å². The summed E-state index contributed by atoms with van der Waals surface area (Å²) in [6.07, 6.45) is -0.155. The van der Waals surface area contributed by atoms with Gasteiger partial charge in [-0.05, 0) is 29.5 Å². The van der Waals surface area contributed by atoms with Crippen LogP contribution in [0.4, 0.5) is 0 Å². The second-order valence-electron chi connectivity index (χ2n) is 5.47. The lowest BCUT2D eigenvalue weighted by Gasteiger charge is -2.07. The number of rotatable bonds is 7. The highest BCUT2D eigenvalue weighted by Gasteiger charge is 2.12. The van der Waals surface area contributed by atoms with Gasteiger partial charge in [0.15, 0.2) is 0 Å². The van der Waals surface area contributed by atoms with Crippen molar-refractivity contribution in [1.82, 2.24) is 20.2 Å². The van der Waals surface area contributed by atoms with Crippen LogP contribution in [0.1, 0.15) is 6.42 Å². The predicted molar refractivity (Wildman–Crippen MR) is 90.0 cm³/mol. The zero-order chi connectivity index (χ0) is 17.6. The summed E-state index contributed by atoms with van der Waals surface area (Å²) in [5.41, 5.74) is 6.48. The Bertz CT molecular complexity index is 850. The summed E-state index contributed by atoms with van der Waals surface area (Å²) in [5, 5.41) is 20.9. The van der Waals surface area contributed by atoms with Crippen molar-refractivity contribution in [2.24, 2.45) is 5.73 Å². The van der Waals surface area contributed by atoms with E-state index in [2.05, 4.69) is 15.4 Å². The van der Waals surface area contributed by atoms with Crippen molar-refractivity contribution in [3.05, 3.63) is 54.6 Å². The van der Waals surface area contributed by atoms with Gasteiger partial charge in [-0.25, -0.2) is 0 Å². The van der Waals surface area contributed by atoms with Crippen molar-refractivity contribution >= 4 is 5.97 Å². The summed E-state index contributed by atoms with van der Waals surface area (Å²) in [4.78, 5) is 12.0. The average Bonchev–Trinajstić information content (AvgIpc) is 3.03. The van der Waals surface area contributed by atoms with Gasteiger partial charge in [-0.1, -0.05) is 30.3 Å². The third kappa shape index (κ3) is 4.61. The molecule has 0 amide bonds. The van der Waals surface area contributed by atoms with E-state index in [9.17, 15) is 4.79 Å². The molecule has 0 aliphatic rings. The summed E-state index contributed by atoms with van der Waals surface area (Å²) in [6.45, 7) is 0.180. The molecule has 0 aliphatic carbocycles. The minimum Gasteiger partial charge on any atom is -0.481 e. The number of hydrogen-bond donors (Lipinski definition) is 2. The molecule has 25 heavy (non-hydrogen) atoms. The van der Waals surface area contributed by atoms with Gasteiger partial charge < -0.3 is 15.6 Å². The molecule has 1 heterocycles. The highest BCUT2D eigenvalue weighted by atomic mass is 16.5. The van der Waals surface area contributed by atoms with Crippen LogP contribution in [0.15, 0.2) is 54.6 Å². The lowest BCUT2D eigenvalue weighted by molar-refractivity contribution is -0.137. The van der Waals surface area contributed by atoms with E-state index in [1.165, 1.54) is 4.80 Å². The first-order valence-corrected chi connectivity index (χ1v) is 7.68. The minimum atomic E-state index is -0.960. The molecule has 0 radical (unpaired) electrons. The molecule has 1 atom stereocenters. The number of para-hydroxylation sites is 1. The van der Waals surface area contributed by atoms with Crippen molar-refractivity contribution in [1.29, 1.82) is 0 Å². The summed E-state index contributed by atoms with van der Waals surface area (Å²) in [5.74, 6) is 0.846. The third-order valence-corrected chi connectivity index (χ3v) is 3.36. The number of hydrogen-bond acceptors (Lipinski definition) is 6. The monoisotopic (exact) mass is 339 g/mol. The molecule has 0 fully saturated rings. The van der Waals surface area contributed by atoms with Crippen molar-refractivity contribution in [3.8, 4) is 22.9 Å². The quantitative estimate of drug-likeness (QED) is 0.675. The predicted octanol–water partition coefficient (Wildman–Crippen LogP) is 1.93. The van der Waals surface area contributed by atoms with E-state index in [-0.39, 0.29) is 13.0 Å². The van der Waals surface area contributed by atoms with Gasteiger partial charge in [0, 0.05) is 11.6 Å². The first-order valence-electron chi connectivity index (χ1n) is 7.68. The van der Waals surface area contributed by atoms with Crippen LogP contribution in [0.2, 0.25) is 0 Å². The molecule has 128 valence electrons. The maximum absolute atomic E-state index is 10.7. The summed E-state index contributed by atoms with van der Waals surface area (Å²) >= 11 is 0. The van der Waals surface area contributed by atoms with E-state index in [0.29, 0.717) is 11.6 Å². The van der Waals surface area contributed by atoms with Gasteiger partial charge in [0.1, 0.15) is 11.5 Å². The van der Waals surface area contributed by atoms with E-state index < -0.39 is 12.0 Å². The largest absolute Gasteiger partial charge is 0.481 e. The molecular formula is C17H17N5O3. The van der Waals surface area contributed by atoms with Crippen LogP contribution in [0.5, 0.6) is 11.5 Å². The molecule has 8 heteroatoms. The second-order valence-corrected chi connectivity index (χ2v) is 5.47. The molecule has 0 saturated heterocycles. The molecule has 2 aromatic carbocycles. The number of carboxylic acids is 1. The molecule has 3 N–H and O–H groups in total. The fraction of sp³-hybridized carbons (Fsp3) is 0.176. The van der Waals surface area contributed by atoms with Crippen molar-refractivity contribution in [2.45, 2.75) is 19.0 Å². The van der Waals surface area contributed by atoms with Crippen LogP contribution in [0, 0.1) is 0 Å². The van der Waals surface area contributed by atoms with Crippen LogP contribution in [0.25, 0.3) is 11.4 Å². The molecule has 3 aromatic rings. The summed E-state index contributed by atoms with van der Waals surface area (Å²) < 4.78 is 5.79. The second kappa shape index (κ2) is 7.54. The normalized spacial score (nSPS) is 11.9. The van der Waals surface area contributed by atoms with Crippen molar-refractivity contribution in [2.75, 3.05) is 0 Å². The number of carbonyl (C=O) groups is 1. The summed E-state index contributed by atoms with van der Waals surface area (Å²) in [6, 6.07) is 16.2. The molecule has 0 saturated carbocycles. The molecular weight excluding hydrogens is 322 g/mol. The molecule has 8 nitrogen and oxygen atoms in total. The smallest absolute Gasteiger partial charge is 0.304 e. The van der Waals surface area contributed by atoms with E-state index in [4.69, 9.17) is 15.6 Å². The fourth-order valence-electron chi connectivity index (χ4n) is 2.26. The number of nitrogens with two attached hydrogens (primary N) is 1. The molecule has 0 aliphatic heterocycles.